The Balaban J connectivity index is 1.17. The highest BCUT2D eigenvalue weighted by atomic mass is 16.2. The molecule has 3 amide bonds. The number of hydrogen-bond donors (Lipinski definition) is 4. The summed E-state index contributed by atoms with van der Waals surface area (Å²) >= 11 is 0. The molecule has 1 aromatic heterocycles. The molecule has 9 heteroatoms. The first-order chi connectivity index (χ1) is 18.8. The molecule has 4 aliphatic rings. The van der Waals surface area contributed by atoms with Crippen LogP contribution < -0.4 is 21.7 Å². The fourth-order valence-corrected chi connectivity index (χ4v) is 6.35. The van der Waals surface area contributed by atoms with Gasteiger partial charge in [0.15, 0.2) is 0 Å². The average molecular weight is 533 g/mol. The van der Waals surface area contributed by atoms with Gasteiger partial charge in [0.2, 0.25) is 11.8 Å². The van der Waals surface area contributed by atoms with Gasteiger partial charge in [0.25, 0.3) is 5.91 Å². The van der Waals surface area contributed by atoms with Crippen LogP contribution in [0.3, 0.4) is 0 Å². The van der Waals surface area contributed by atoms with Gasteiger partial charge in [-0.25, -0.2) is 0 Å². The Morgan fingerprint density at radius 1 is 0.949 bits per heavy atom. The number of nitrogens with zero attached hydrogens (tertiary/aromatic N) is 2. The van der Waals surface area contributed by atoms with Crippen LogP contribution in [0.15, 0.2) is 30.5 Å². The molecule has 9 nitrogen and oxygen atoms in total. The van der Waals surface area contributed by atoms with Crippen molar-refractivity contribution in [2.75, 3.05) is 5.32 Å². The van der Waals surface area contributed by atoms with E-state index in [-0.39, 0.29) is 35.7 Å². The molecule has 0 radical (unpaired) electrons. The van der Waals surface area contributed by atoms with E-state index in [0.717, 1.165) is 68.2 Å². The van der Waals surface area contributed by atoms with Gasteiger partial charge in [-0.05, 0) is 118 Å². The van der Waals surface area contributed by atoms with Crippen molar-refractivity contribution in [2.24, 2.45) is 29.4 Å². The molecule has 3 saturated carbocycles. The molecule has 2 aromatic rings. The SMILES string of the molecule is CC(C)n1nccc1C(=O)N[C@H](C(=O)Nc1ccc2c(c1)CC[C@H]2NC(=O)C(N)C1CC1)C(C1CC1)C1CC1. The van der Waals surface area contributed by atoms with Gasteiger partial charge in [0.05, 0.1) is 12.1 Å². The Hall–Kier alpha value is -3.20. The van der Waals surface area contributed by atoms with Crippen molar-refractivity contribution in [1.82, 2.24) is 20.4 Å². The van der Waals surface area contributed by atoms with Crippen LogP contribution >= 0.6 is 0 Å². The molecule has 0 spiro atoms. The predicted molar refractivity (Wildman–Crippen MR) is 148 cm³/mol. The standard InChI is InChI=1S/C30H40N6O3/c1-16(2)36-24(13-14-32-36)28(37)35-27(25(17-3-4-17)18-5-6-18)30(39)33-21-10-11-22-20(15-21)9-12-23(22)34-29(38)26(31)19-7-8-19/h10-11,13-19,23,25-27H,3-9,12,31H2,1-2H3,(H,33,39)(H,34,38)(H,35,37)/t23-,26?,27+/m1/s1. The number of nitrogens with one attached hydrogen (secondary N) is 3. The number of benzene rings is 1. The third-order valence-corrected chi connectivity index (χ3v) is 8.92. The summed E-state index contributed by atoms with van der Waals surface area (Å²) in [5, 5.41) is 13.7. The van der Waals surface area contributed by atoms with E-state index in [1.165, 1.54) is 0 Å². The van der Waals surface area contributed by atoms with E-state index in [1.54, 1.807) is 16.9 Å². The van der Waals surface area contributed by atoms with Crippen LogP contribution in [0.4, 0.5) is 5.69 Å². The van der Waals surface area contributed by atoms with Gasteiger partial charge in [-0.3, -0.25) is 19.1 Å². The van der Waals surface area contributed by atoms with E-state index in [1.807, 2.05) is 32.0 Å². The molecule has 1 aromatic carbocycles. The fraction of sp³-hybridized carbons (Fsp3) is 0.600. The first-order valence-corrected chi connectivity index (χ1v) is 14.6. The lowest BCUT2D eigenvalue weighted by molar-refractivity contribution is -0.123. The van der Waals surface area contributed by atoms with Gasteiger partial charge >= 0.3 is 0 Å². The number of anilines is 1. The molecule has 5 N–H and O–H groups in total. The molecule has 4 aliphatic carbocycles. The Kier molecular flexibility index (Phi) is 6.95. The van der Waals surface area contributed by atoms with Crippen molar-refractivity contribution in [1.29, 1.82) is 0 Å². The van der Waals surface area contributed by atoms with Crippen LogP contribution in [0.5, 0.6) is 0 Å². The van der Waals surface area contributed by atoms with E-state index >= 15 is 0 Å². The van der Waals surface area contributed by atoms with Crippen molar-refractivity contribution in [3.8, 4) is 0 Å². The lowest BCUT2D eigenvalue weighted by Crippen LogP contribution is -2.50. The first-order valence-electron chi connectivity index (χ1n) is 14.6. The Morgan fingerprint density at radius 2 is 1.64 bits per heavy atom. The molecule has 39 heavy (non-hydrogen) atoms. The van der Waals surface area contributed by atoms with Crippen LogP contribution in [-0.4, -0.2) is 39.6 Å². The summed E-state index contributed by atoms with van der Waals surface area (Å²) in [6, 6.07) is 6.59. The Labute approximate surface area is 229 Å². The predicted octanol–water partition coefficient (Wildman–Crippen LogP) is 3.48. The molecule has 1 heterocycles. The van der Waals surface area contributed by atoms with Gasteiger partial charge in [0.1, 0.15) is 11.7 Å². The van der Waals surface area contributed by atoms with Crippen LogP contribution in [0, 0.1) is 23.7 Å². The number of rotatable bonds is 11. The second kappa shape index (κ2) is 10.4. The van der Waals surface area contributed by atoms with Gasteiger partial charge in [-0.1, -0.05) is 6.07 Å². The summed E-state index contributed by atoms with van der Waals surface area (Å²) in [5.41, 5.74) is 9.50. The highest BCUT2D eigenvalue weighted by Gasteiger charge is 2.48. The minimum atomic E-state index is -0.600. The largest absolute Gasteiger partial charge is 0.348 e. The van der Waals surface area contributed by atoms with Gasteiger partial charge in [-0.2, -0.15) is 5.10 Å². The zero-order chi connectivity index (χ0) is 27.3. The van der Waals surface area contributed by atoms with E-state index in [0.29, 0.717) is 23.4 Å². The monoisotopic (exact) mass is 532 g/mol. The molecule has 1 unspecified atom stereocenters. The number of fused-ring (bicyclic) bond motifs is 1. The zero-order valence-corrected chi connectivity index (χ0v) is 22.9. The number of amides is 3. The third kappa shape index (κ3) is 5.60. The van der Waals surface area contributed by atoms with Crippen molar-refractivity contribution < 1.29 is 14.4 Å². The van der Waals surface area contributed by atoms with E-state index in [9.17, 15) is 14.4 Å². The van der Waals surface area contributed by atoms with Crippen LogP contribution in [0.2, 0.25) is 0 Å². The summed E-state index contributed by atoms with van der Waals surface area (Å²) < 4.78 is 1.70. The van der Waals surface area contributed by atoms with Crippen LogP contribution in [0.1, 0.15) is 92.5 Å². The van der Waals surface area contributed by atoms with Crippen molar-refractivity contribution in [3.63, 3.8) is 0 Å². The van der Waals surface area contributed by atoms with E-state index < -0.39 is 12.1 Å². The molecule has 6 rings (SSSR count). The second-order valence-electron chi connectivity index (χ2n) is 12.3. The zero-order valence-electron chi connectivity index (χ0n) is 22.9. The van der Waals surface area contributed by atoms with Gasteiger partial charge < -0.3 is 21.7 Å². The lowest BCUT2D eigenvalue weighted by Gasteiger charge is -2.28. The molecule has 208 valence electrons. The quantitative estimate of drug-likeness (QED) is 0.352. The molecular weight excluding hydrogens is 492 g/mol. The normalized spacial score (nSPS) is 21.9. The Bertz CT molecular complexity index is 1250. The number of nitrogens with two attached hydrogens (primary N) is 1. The van der Waals surface area contributed by atoms with Gasteiger partial charge in [-0.15, -0.1) is 0 Å². The van der Waals surface area contributed by atoms with Crippen molar-refractivity contribution >= 4 is 23.4 Å². The van der Waals surface area contributed by atoms with Gasteiger partial charge in [0, 0.05) is 17.9 Å². The lowest BCUT2D eigenvalue weighted by atomic mass is 9.88. The van der Waals surface area contributed by atoms with E-state index in [4.69, 9.17) is 5.73 Å². The fourth-order valence-electron chi connectivity index (χ4n) is 6.35. The minimum absolute atomic E-state index is 0.0418. The number of carbonyl (C=O) groups excluding carboxylic acids is 3. The molecule has 0 aliphatic heterocycles. The topological polar surface area (TPSA) is 131 Å². The van der Waals surface area contributed by atoms with Crippen LogP contribution in [-0.2, 0) is 16.0 Å². The van der Waals surface area contributed by atoms with Crippen molar-refractivity contribution in [2.45, 2.75) is 89.4 Å². The van der Waals surface area contributed by atoms with E-state index in [2.05, 4.69) is 21.0 Å². The highest BCUT2D eigenvalue weighted by Crippen LogP contribution is 2.51. The summed E-state index contributed by atoms with van der Waals surface area (Å²) in [6.07, 6.45) is 9.79. The summed E-state index contributed by atoms with van der Waals surface area (Å²) in [6.45, 7) is 3.97. The molecular formula is C30H40N6O3. The number of carbonyl (C=O) groups is 3. The third-order valence-electron chi connectivity index (χ3n) is 8.92. The average Bonchev–Trinajstić information content (AvgIpc) is 3.81. The second-order valence-corrected chi connectivity index (χ2v) is 12.3. The molecule has 3 atom stereocenters. The smallest absolute Gasteiger partial charge is 0.270 e. The number of hydrogen-bond acceptors (Lipinski definition) is 5. The maximum atomic E-state index is 13.8. The number of aryl methyl sites for hydroxylation is 1. The first kappa shape index (κ1) is 26.0. The summed E-state index contributed by atoms with van der Waals surface area (Å²) in [4.78, 5) is 39.7. The van der Waals surface area contributed by atoms with Crippen molar-refractivity contribution in [3.05, 3.63) is 47.3 Å². The number of aromatic nitrogens is 2. The Morgan fingerprint density at radius 3 is 2.28 bits per heavy atom. The maximum absolute atomic E-state index is 13.8. The van der Waals surface area contributed by atoms with Crippen LogP contribution in [0.25, 0.3) is 0 Å². The maximum Gasteiger partial charge on any atom is 0.270 e. The minimum Gasteiger partial charge on any atom is -0.348 e. The summed E-state index contributed by atoms with van der Waals surface area (Å²) in [7, 11) is 0. The molecule has 0 bridgehead atoms. The molecule has 0 saturated heterocycles. The summed E-state index contributed by atoms with van der Waals surface area (Å²) in [5.74, 6) is 0.929. The molecule has 3 fully saturated rings. The highest BCUT2D eigenvalue weighted by molar-refractivity contribution is 6.01.